The van der Waals surface area contributed by atoms with Gasteiger partial charge in [0.15, 0.2) is 0 Å². The molecule has 1 aliphatic heterocycles. The van der Waals surface area contributed by atoms with Crippen molar-refractivity contribution in [1.82, 2.24) is 15.5 Å². The molecule has 0 saturated heterocycles. The van der Waals surface area contributed by atoms with E-state index in [9.17, 15) is 4.79 Å². The minimum atomic E-state index is 0.0294. The highest BCUT2D eigenvalue weighted by molar-refractivity contribution is 5.74. The second-order valence-corrected chi connectivity index (χ2v) is 6.54. The molecule has 2 heterocycles. The lowest BCUT2D eigenvalue weighted by atomic mass is 10.1. The molecule has 0 unspecified atom stereocenters. The van der Waals surface area contributed by atoms with Gasteiger partial charge in [-0.15, -0.1) is 0 Å². The molecule has 134 valence electrons. The Morgan fingerprint density at radius 3 is 2.88 bits per heavy atom. The number of aryl methyl sites for hydroxylation is 1. The lowest BCUT2D eigenvalue weighted by Gasteiger charge is -2.26. The third-order valence-electron chi connectivity index (χ3n) is 4.57. The molecule has 1 aromatic carbocycles. The van der Waals surface area contributed by atoms with E-state index in [1.54, 1.807) is 0 Å². The Hall–Kier alpha value is -2.27. The lowest BCUT2D eigenvalue weighted by molar-refractivity contribution is 0.189. The Balaban J connectivity index is 1.38. The molecule has 5 nitrogen and oxygen atoms in total. The van der Waals surface area contributed by atoms with Gasteiger partial charge in [0.05, 0.1) is 13.1 Å². The zero-order valence-electron chi connectivity index (χ0n) is 14.9. The van der Waals surface area contributed by atoms with Gasteiger partial charge in [-0.25, -0.2) is 4.79 Å². The molecule has 1 aliphatic rings. The molecule has 25 heavy (non-hydrogen) atoms. The van der Waals surface area contributed by atoms with Crippen molar-refractivity contribution >= 4 is 6.03 Å². The number of nitrogens with zero attached hydrogens (tertiary/aromatic N) is 1. The Morgan fingerprint density at radius 2 is 2.08 bits per heavy atom. The first-order valence-electron chi connectivity index (χ1n) is 9.08. The fourth-order valence-corrected chi connectivity index (χ4v) is 3.24. The summed E-state index contributed by atoms with van der Waals surface area (Å²) in [6.45, 7) is 2.81. The number of fused-ring (bicyclic) bond motifs is 1. The summed E-state index contributed by atoms with van der Waals surface area (Å²) >= 11 is 0. The summed E-state index contributed by atoms with van der Waals surface area (Å²) in [5.41, 5.74) is 2.49. The Kier molecular flexibility index (Phi) is 6.12. The number of unbranched alkanes of at least 4 members (excludes halogenated alkanes) is 1. The van der Waals surface area contributed by atoms with Crippen LogP contribution in [0, 0.1) is 0 Å². The molecule has 3 rings (SSSR count). The molecular weight excluding hydrogens is 314 g/mol. The van der Waals surface area contributed by atoms with Gasteiger partial charge in [-0.3, -0.25) is 0 Å². The van der Waals surface area contributed by atoms with E-state index in [4.69, 9.17) is 4.42 Å². The second-order valence-electron chi connectivity index (χ2n) is 6.54. The highest BCUT2D eigenvalue weighted by atomic mass is 16.3. The van der Waals surface area contributed by atoms with Crippen LogP contribution < -0.4 is 10.6 Å². The highest BCUT2D eigenvalue weighted by Gasteiger charge is 2.23. The van der Waals surface area contributed by atoms with E-state index < -0.39 is 0 Å². The van der Waals surface area contributed by atoms with Crippen molar-refractivity contribution in [3.05, 3.63) is 59.0 Å². The summed E-state index contributed by atoms with van der Waals surface area (Å²) in [5.74, 6) is 1.97. The van der Waals surface area contributed by atoms with Gasteiger partial charge in [-0.1, -0.05) is 30.3 Å². The van der Waals surface area contributed by atoms with Crippen molar-refractivity contribution in [3.63, 3.8) is 0 Å². The quantitative estimate of drug-likeness (QED) is 0.761. The van der Waals surface area contributed by atoms with Crippen molar-refractivity contribution in [3.8, 4) is 0 Å². The van der Waals surface area contributed by atoms with Gasteiger partial charge in [-0.05, 0) is 37.9 Å². The molecule has 1 aromatic heterocycles. The van der Waals surface area contributed by atoms with Gasteiger partial charge in [0, 0.05) is 25.1 Å². The monoisotopic (exact) mass is 341 g/mol. The van der Waals surface area contributed by atoms with E-state index in [2.05, 4.69) is 41.0 Å². The van der Waals surface area contributed by atoms with Crippen LogP contribution >= 0.6 is 0 Å². The molecule has 0 radical (unpaired) electrons. The predicted molar refractivity (Wildman–Crippen MR) is 98.4 cm³/mol. The van der Waals surface area contributed by atoms with Crippen LogP contribution in [0.3, 0.4) is 0 Å². The maximum Gasteiger partial charge on any atom is 0.317 e. The van der Waals surface area contributed by atoms with Gasteiger partial charge < -0.3 is 20.0 Å². The SMILES string of the molecule is CNCc1cc2c(o1)CCN(C(=O)NCCCCc1ccccc1)C2. The van der Waals surface area contributed by atoms with E-state index in [-0.39, 0.29) is 6.03 Å². The van der Waals surface area contributed by atoms with Crippen LogP contribution in [0.15, 0.2) is 40.8 Å². The molecular formula is C20H27N3O2. The molecule has 0 fully saturated rings. The normalized spacial score (nSPS) is 13.6. The summed E-state index contributed by atoms with van der Waals surface area (Å²) < 4.78 is 5.81. The number of rotatable bonds is 7. The minimum absolute atomic E-state index is 0.0294. The molecule has 0 atom stereocenters. The fraction of sp³-hybridized carbons (Fsp3) is 0.450. The van der Waals surface area contributed by atoms with Crippen LogP contribution in [0.25, 0.3) is 0 Å². The first kappa shape index (κ1) is 17.5. The fourth-order valence-electron chi connectivity index (χ4n) is 3.24. The van der Waals surface area contributed by atoms with E-state index in [1.807, 2.05) is 18.0 Å². The predicted octanol–water partition coefficient (Wildman–Crippen LogP) is 3.09. The Bertz CT molecular complexity index is 682. The van der Waals surface area contributed by atoms with Crippen molar-refractivity contribution in [2.75, 3.05) is 20.1 Å². The van der Waals surface area contributed by atoms with E-state index >= 15 is 0 Å². The summed E-state index contributed by atoms with van der Waals surface area (Å²) in [5, 5.41) is 6.14. The van der Waals surface area contributed by atoms with Gasteiger partial charge in [-0.2, -0.15) is 0 Å². The number of benzene rings is 1. The number of hydrogen-bond donors (Lipinski definition) is 2. The number of urea groups is 1. The molecule has 0 saturated carbocycles. The summed E-state index contributed by atoms with van der Waals surface area (Å²) in [7, 11) is 1.90. The van der Waals surface area contributed by atoms with Crippen LogP contribution in [0.4, 0.5) is 4.79 Å². The third-order valence-corrected chi connectivity index (χ3v) is 4.57. The average molecular weight is 341 g/mol. The van der Waals surface area contributed by atoms with Crippen LogP contribution in [-0.2, 0) is 25.9 Å². The molecule has 5 heteroatoms. The van der Waals surface area contributed by atoms with Gasteiger partial charge in [0.25, 0.3) is 0 Å². The standard InChI is InChI=1S/C20H27N3O2/c1-21-14-18-13-17-15-23(12-10-19(17)25-18)20(24)22-11-6-5-9-16-7-3-2-4-8-16/h2-4,7-8,13,21H,5-6,9-12,14-15H2,1H3,(H,22,24). The smallest absolute Gasteiger partial charge is 0.317 e. The number of furan rings is 1. The number of amides is 2. The summed E-state index contributed by atoms with van der Waals surface area (Å²) in [4.78, 5) is 14.2. The first-order valence-corrected chi connectivity index (χ1v) is 9.08. The molecule has 0 bridgehead atoms. The lowest BCUT2D eigenvalue weighted by Crippen LogP contribution is -2.42. The van der Waals surface area contributed by atoms with Crippen LogP contribution in [0.1, 0.15) is 35.5 Å². The third kappa shape index (κ3) is 4.86. The maximum absolute atomic E-state index is 12.3. The van der Waals surface area contributed by atoms with Gasteiger partial charge in [0.1, 0.15) is 11.5 Å². The van der Waals surface area contributed by atoms with Crippen LogP contribution in [0.5, 0.6) is 0 Å². The molecule has 2 aromatic rings. The van der Waals surface area contributed by atoms with Gasteiger partial charge >= 0.3 is 6.03 Å². The van der Waals surface area contributed by atoms with E-state index in [1.165, 1.54) is 5.56 Å². The van der Waals surface area contributed by atoms with Crippen molar-refractivity contribution < 1.29 is 9.21 Å². The zero-order chi connectivity index (χ0) is 17.5. The zero-order valence-corrected chi connectivity index (χ0v) is 14.9. The number of nitrogens with one attached hydrogen (secondary N) is 2. The summed E-state index contributed by atoms with van der Waals surface area (Å²) in [6.07, 6.45) is 3.94. The highest BCUT2D eigenvalue weighted by Crippen LogP contribution is 2.23. The molecule has 2 amide bonds. The number of carbonyl (C=O) groups excluding carboxylic acids is 1. The minimum Gasteiger partial charge on any atom is -0.464 e. The Morgan fingerprint density at radius 1 is 1.24 bits per heavy atom. The average Bonchev–Trinajstić information content (AvgIpc) is 3.04. The molecule has 0 spiro atoms. The van der Waals surface area contributed by atoms with Gasteiger partial charge in [0.2, 0.25) is 0 Å². The topological polar surface area (TPSA) is 57.5 Å². The van der Waals surface area contributed by atoms with Crippen molar-refractivity contribution in [2.24, 2.45) is 0 Å². The number of hydrogen-bond acceptors (Lipinski definition) is 3. The van der Waals surface area contributed by atoms with Crippen molar-refractivity contribution in [2.45, 2.75) is 38.8 Å². The van der Waals surface area contributed by atoms with E-state index in [0.717, 1.165) is 62.4 Å². The first-order chi connectivity index (χ1) is 12.3. The molecule has 2 N–H and O–H groups in total. The maximum atomic E-state index is 12.3. The second kappa shape index (κ2) is 8.72. The molecule has 0 aliphatic carbocycles. The van der Waals surface area contributed by atoms with Crippen LogP contribution in [-0.4, -0.2) is 31.1 Å². The largest absolute Gasteiger partial charge is 0.464 e. The van der Waals surface area contributed by atoms with Crippen molar-refractivity contribution in [1.29, 1.82) is 0 Å². The van der Waals surface area contributed by atoms with E-state index in [0.29, 0.717) is 6.54 Å². The number of carbonyl (C=O) groups is 1. The van der Waals surface area contributed by atoms with Crippen LogP contribution in [0.2, 0.25) is 0 Å². The Labute approximate surface area is 149 Å². The summed E-state index contributed by atoms with van der Waals surface area (Å²) in [6, 6.07) is 12.6.